The molecule has 1 aliphatic carbocycles. The Balaban J connectivity index is 2.50. The monoisotopic (exact) mass is 196 g/mol. The van der Waals surface area contributed by atoms with Crippen LogP contribution in [-0.2, 0) is 0 Å². The van der Waals surface area contributed by atoms with Gasteiger partial charge in [0.1, 0.15) is 0 Å². The minimum absolute atomic E-state index is 0.201. The third-order valence-corrected chi connectivity index (χ3v) is 3.98. The first-order valence-corrected chi connectivity index (χ1v) is 5.79. The molecule has 1 fully saturated rings. The lowest BCUT2D eigenvalue weighted by Gasteiger charge is -2.29. The van der Waals surface area contributed by atoms with Gasteiger partial charge >= 0.3 is 0 Å². The zero-order valence-electron chi connectivity index (χ0n) is 9.96. The number of aliphatic hydroxyl groups excluding tert-OH is 1. The second-order valence-corrected chi connectivity index (χ2v) is 5.42. The number of rotatable bonds is 3. The Labute approximate surface area is 88.2 Å². The summed E-state index contributed by atoms with van der Waals surface area (Å²) in [6.07, 6.45) is 7.71. The van der Waals surface area contributed by atoms with Crippen LogP contribution in [0.3, 0.4) is 0 Å². The quantitative estimate of drug-likeness (QED) is 0.686. The zero-order chi connectivity index (χ0) is 10.8. The van der Waals surface area contributed by atoms with Crippen LogP contribution in [0.1, 0.15) is 47.0 Å². The highest BCUT2D eigenvalue weighted by Crippen LogP contribution is 2.47. The van der Waals surface area contributed by atoms with Gasteiger partial charge in [-0.25, -0.2) is 0 Å². The maximum atomic E-state index is 9.16. The lowest BCUT2D eigenvalue weighted by atomic mass is 9.76. The largest absolute Gasteiger partial charge is 0.393 e. The number of allylic oxidation sites excluding steroid dienone is 1. The first kappa shape index (κ1) is 11.8. The van der Waals surface area contributed by atoms with Crippen molar-refractivity contribution in [3.63, 3.8) is 0 Å². The van der Waals surface area contributed by atoms with Crippen LogP contribution in [0, 0.1) is 17.3 Å². The molecule has 0 spiro atoms. The Morgan fingerprint density at radius 3 is 2.50 bits per heavy atom. The molecule has 0 aliphatic heterocycles. The van der Waals surface area contributed by atoms with E-state index >= 15 is 0 Å². The van der Waals surface area contributed by atoms with Crippen molar-refractivity contribution < 1.29 is 5.11 Å². The van der Waals surface area contributed by atoms with E-state index in [0.29, 0.717) is 11.3 Å². The SMILES string of the molecule is CC(O)C/C=C/C1CCC(C)C1(C)C. The summed E-state index contributed by atoms with van der Waals surface area (Å²) in [5.74, 6) is 1.53. The standard InChI is InChI=1S/C13H24O/c1-10-8-9-12(13(10,3)4)7-5-6-11(2)14/h5,7,10-12,14H,6,8-9H2,1-4H3/b7-5+. The molecule has 0 aromatic rings. The zero-order valence-corrected chi connectivity index (χ0v) is 9.96. The molecule has 1 heteroatoms. The molecule has 0 heterocycles. The topological polar surface area (TPSA) is 20.2 Å². The summed E-state index contributed by atoms with van der Waals surface area (Å²) < 4.78 is 0. The second kappa shape index (κ2) is 4.48. The van der Waals surface area contributed by atoms with Gasteiger partial charge in [-0.3, -0.25) is 0 Å². The Kier molecular flexibility index (Phi) is 3.77. The third kappa shape index (κ3) is 2.60. The number of hydrogen-bond donors (Lipinski definition) is 1. The molecule has 0 aromatic heterocycles. The van der Waals surface area contributed by atoms with Crippen LogP contribution in [0.25, 0.3) is 0 Å². The molecular weight excluding hydrogens is 172 g/mol. The molecule has 0 radical (unpaired) electrons. The summed E-state index contributed by atoms with van der Waals surface area (Å²) in [4.78, 5) is 0. The van der Waals surface area contributed by atoms with Crippen molar-refractivity contribution in [3.05, 3.63) is 12.2 Å². The van der Waals surface area contributed by atoms with Gasteiger partial charge in [0.15, 0.2) is 0 Å². The Hall–Kier alpha value is -0.300. The molecule has 0 aromatic carbocycles. The van der Waals surface area contributed by atoms with Crippen molar-refractivity contribution in [2.45, 2.75) is 53.1 Å². The van der Waals surface area contributed by atoms with E-state index in [-0.39, 0.29) is 6.10 Å². The lowest BCUT2D eigenvalue weighted by molar-refractivity contribution is 0.197. The maximum Gasteiger partial charge on any atom is 0.0546 e. The van der Waals surface area contributed by atoms with Crippen LogP contribution < -0.4 is 0 Å². The van der Waals surface area contributed by atoms with Gasteiger partial charge in [-0.2, -0.15) is 0 Å². The van der Waals surface area contributed by atoms with Gasteiger partial charge in [0.2, 0.25) is 0 Å². The fraction of sp³-hybridized carbons (Fsp3) is 0.846. The van der Waals surface area contributed by atoms with E-state index in [9.17, 15) is 0 Å². The van der Waals surface area contributed by atoms with E-state index in [1.165, 1.54) is 12.8 Å². The highest BCUT2D eigenvalue weighted by Gasteiger charge is 2.38. The Bertz CT molecular complexity index is 203. The van der Waals surface area contributed by atoms with Crippen molar-refractivity contribution in [2.24, 2.45) is 17.3 Å². The molecule has 3 atom stereocenters. The molecule has 1 rings (SSSR count). The Morgan fingerprint density at radius 2 is 2.07 bits per heavy atom. The van der Waals surface area contributed by atoms with Gasteiger partial charge in [0, 0.05) is 0 Å². The smallest absolute Gasteiger partial charge is 0.0546 e. The van der Waals surface area contributed by atoms with Gasteiger partial charge in [-0.05, 0) is 43.4 Å². The van der Waals surface area contributed by atoms with E-state index in [1.807, 2.05) is 6.92 Å². The van der Waals surface area contributed by atoms with Gasteiger partial charge in [-0.15, -0.1) is 0 Å². The minimum Gasteiger partial charge on any atom is -0.393 e. The van der Waals surface area contributed by atoms with Gasteiger partial charge in [0.25, 0.3) is 0 Å². The molecule has 1 nitrogen and oxygen atoms in total. The van der Waals surface area contributed by atoms with Crippen molar-refractivity contribution in [1.29, 1.82) is 0 Å². The molecule has 0 bridgehead atoms. The van der Waals surface area contributed by atoms with Gasteiger partial charge in [0.05, 0.1) is 6.10 Å². The van der Waals surface area contributed by atoms with Crippen molar-refractivity contribution in [2.75, 3.05) is 0 Å². The second-order valence-electron chi connectivity index (χ2n) is 5.42. The molecule has 1 saturated carbocycles. The maximum absolute atomic E-state index is 9.16. The molecule has 1 N–H and O–H groups in total. The predicted octanol–water partition coefficient (Wildman–Crippen LogP) is 3.39. The molecule has 0 saturated heterocycles. The predicted molar refractivity (Wildman–Crippen MR) is 61.1 cm³/mol. The first-order valence-electron chi connectivity index (χ1n) is 5.79. The number of hydrogen-bond acceptors (Lipinski definition) is 1. The van der Waals surface area contributed by atoms with Crippen LogP contribution >= 0.6 is 0 Å². The van der Waals surface area contributed by atoms with Crippen LogP contribution in [0.15, 0.2) is 12.2 Å². The van der Waals surface area contributed by atoms with Crippen LogP contribution in [0.2, 0.25) is 0 Å². The molecule has 82 valence electrons. The van der Waals surface area contributed by atoms with Crippen LogP contribution in [0.4, 0.5) is 0 Å². The lowest BCUT2D eigenvalue weighted by Crippen LogP contribution is -2.21. The summed E-state index contributed by atoms with van der Waals surface area (Å²) >= 11 is 0. The number of aliphatic hydroxyl groups is 1. The summed E-state index contributed by atoms with van der Waals surface area (Å²) in [6, 6.07) is 0. The van der Waals surface area contributed by atoms with Gasteiger partial charge in [-0.1, -0.05) is 32.9 Å². The van der Waals surface area contributed by atoms with Gasteiger partial charge < -0.3 is 5.11 Å². The fourth-order valence-electron chi connectivity index (χ4n) is 2.32. The van der Waals surface area contributed by atoms with E-state index in [4.69, 9.17) is 5.11 Å². The van der Waals surface area contributed by atoms with Crippen molar-refractivity contribution >= 4 is 0 Å². The summed E-state index contributed by atoms with van der Waals surface area (Å²) in [6.45, 7) is 8.92. The molecule has 1 aliphatic rings. The van der Waals surface area contributed by atoms with E-state index in [2.05, 4.69) is 32.9 Å². The average Bonchev–Trinajstić information content (AvgIpc) is 2.30. The molecular formula is C13H24O. The van der Waals surface area contributed by atoms with E-state index < -0.39 is 0 Å². The van der Waals surface area contributed by atoms with Crippen molar-refractivity contribution in [3.8, 4) is 0 Å². The summed E-state index contributed by atoms with van der Waals surface area (Å²) in [5.41, 5.74) is 0.440. The average molecular weight is 196 g/mol. The fourth-order valence-corrected chi connectivity index (χ4v) is 2.32. The first-order chi connectivity index (χ1) is 6.44. The third-order valence-electron chi connectivity index (χ3n) is 3.98. The molecule has 14 heavy (non-hydrogen) atoms. The van der Waals surface area contributed by atoms with Crippen molar-refractivity contribution in [1.82, 2.24) is 0 Å². The van der Waals surface area contributed by atoms with E-state index in [0.717, 1.165) is 12.3 Å². The Morgan fingerprint density at radius 1 is 1.43 bits per heavy atom. The highest BCUT2D eigenvalue weighted by molar-refractivity contribution is 5.01. The van der Waals surface area contributed by atoms with E-state index in [1.54, 1.807) is 0 Å². The summed E-state index contributed by atoms with van der Waals surface area (Å²) in [5, 5.41) is 9.16. The molecule has 3 unspecified atom stereocenters. The minimum atomic E-state index is -0.201. The summed E-state index contributed by atoms with van der Waals surface area (Å²) in [7, 11) is 0. The van der Waals surface area contributed by atoms with Crippen LogP contribution in [-0.4, -0.2) is 11.2 Å². The molecule has 0 amide bonds. The normalized spacial score (nSPS) is 33.8. The highest BCUT2D eigenvalue weighted by atomic mass is 16.3. The van der Waals surface area contributed by atoms with Crippen LogP contribution in [0.5, 0.6) is 0 Å².